The normalized spacial score (nSPS) is 18.4. The van der Waals surface area contributed by atoms with Crippen molar-refractivity contribution in [2.75, 3.05) is 13.2 Å². The number of carbonyl (C=O) groups is 1. The Morgan fingerprint density at radius 2 is 2.10 bits per heavy atom. The first-order valence-corrected chi connectivity index (χ1v) is 8.05. The second-order valence-electron chi connectivity index (χ2n) is 6.49. The summed E-state index contributed by atoms with van der Waals surface area (Å²) in [5.41, 5.74) is 2.03. The van der Waals surface area contributed by atoms with Crippen molar-refractivity contribution in [3.8, 4) is 0 Å². The van der Waals surface area contributed by atoms with Crippen molar-refractivity contribution in [3.05, 3.63) is 35.4 Å². The first kappa shape index (κ1) is 16.0. The first-order valence-electron chi connectivity index (χ1n) is 8.05. The molecule has 3 nitrogen and oxygen atoms in total. The van der Waals surface area contributed by atoms with Gasteiger partial charge in [-0.15, -0.1) is 0 Å². The van der Waals surface area contributed by atoms with Crippen LogP contribution in [0.15, 0.2) is 24.3 Å². The molecular weight excluding hydrogens is 262 g/mol. The molecule has 2 N–H and O–H groups in total. The molecule has 0 heterocycles. The highest BCUT2D eigenvalue weighted by atomic mass is 16.3. The van der Waals surface area contributed by atoms with Crippen LogP contribution in [0.1, 0.15) is 50.2 Å². The molecule has 2 rings (SSSR count). The third-order valence-electron chi connectivity index (χ3n) is 4.70. The molecule has 3 heteroatoms. The summed E-state index contributed by atoms with van der Waals surface area (Å²) in [6, 6.07) is 8.37. The summed E-state index contributed by atoms with van der Waals surface area (Å²) in [6.45, 7) is 4.96. The quantitative estimate of drug-likeness (QED) is 0.846. The van der Waals surface area contributed by atoms with Crippen LogP contribution < -0.4 is 5.32 Å². The zero-order chi connectivity index (χ0) is 15.3. The molecule has 21 heavy (non-hydrogen) atoms. The minimum Gasteiger partial charge on any atom is -0.396 e. The lowest BCUT2D eigenvalue weighted by molar-refractivity contribution is -0.126. The van der Waals surface area contributed by atoms with E-state index < -0.39 is 0 Å². The Hall–Kier alpha value is -1.35. The highest BCUT2D eigenvalue weighted by molar-refractivity contribution is 5.88. The van der Waals surface area contributed by atoms with Crippen molar-refractivity contribution >= 4 is 5.91 Å². The second kappa shape index (κ2) is 7.08. The summed E-state index contributed by atoms with van der Waals surface area (Å²) >= 11 is 0. The van der Waals surface area contributed by atoms with Gasteiger partial charge in [-0.05, 0) is 37.7 Å². The number of benzene rings is 1. The van der Waals surface area contributed by atoms with E-state index in [9.17, 15) is 4.79 Å². The summed E-state index contributed by atoms with van der Waals surface area (Å²) in [4.78, 5) is 12.8. The van der Waals surface area contributed by atoms with Gasteiger partial charge in [0.05, 0.1) is 5.41 Å². The van der Waals surface area contributed by atoms with Gasteiger partial charge < -0.3 is 10.4 Å². The molecule has 0 bridgehead atoms. The number of nitrogens with one attached hydrogen (secondary N) is 1. The number of aliphatic hydroxyl groups excluding tert-OH is 1. The summed E-state index contributed by atoms with van der Waals surface area (Å²) in [7, 11) is 0. The fraction of sp³-hybridized carbons (Fsp3) is 0.611. The minimum absolute atomic E-state index is 0.162. The van der Waals surface area contributed by atoms with Gasteiger partial charge in [0, 0.05) is 13.2 Å². The van der Waals surface area contributed by atoms with Crippen LogP contribution in [0.25, 0.3) is 0 Å². The molecule has 0 saturated heterocycles. The summed E-state index contributed by atoms with van der Waals surface area (Å²) < 4.78 is 0. The number of aliphatic hydroxyl groups is 1. The van der Waals surface area contributed by atoms with Gasteiger partial charge in [0.1, 0.15) is 0 Å². The van der Waals surface area contributed by atoms with E-state index in [1.54, 1.807) is 0 Å². The number of aryl methyl sites for hydroxylation is 1. The monoisotopic (exact) mass is 289 g/mol. The highest BCUT2D eigenvalue weighted by Crippen LogP contribution is 2.41. The Morgan fingerprint density at radius 1 is 1.38 bits per heavy atom. The van der Waals surface area contributed by atoms with E-state index in [4.69, 9.17) is 5.11 Å². The van der Waals surface area contributed by atoms with E-state index in [0.29, 0.717) is 12.5 Å². The molecule has 0 spiro atoms. The number of hydrogen-bond acceptors (Lipinski definition) is 2. The molecule has 1 aromatic carbocycles. The lowest BCUT2D eigenvalue weighted by atomic mass is 9.77. The van der Waals surface area contributed by atoms with Crippen LogP contribution in [0.4, 0.5) is 0 Å². The van der Waals surface area contributed by atoms with Crippen molar-refractivity contribution in [1.82, 2.24) is 5.32 Å². The van der Waals surface area contributed by atoms with Crippen LogP contribution in [-0.2, 0) is 10.2 Å². The summed E-state index contributed by atoms with van der Waals surface area (Å²) in [5.74, 6) is 0.477. The Labute approximate surface area is 127 Å². The average Bonchev–Trinajstić information content (AvgIpc) is 2.96. The van der Waals surface area contributed by atoms with E-state index in [1.807, 2.05) is 6.07 Å². The highest BCUT2D eigenvalue weighted by Gasteiger charge is 2.42. The van der Waals surface area contributed by atoms with Gasteiger partial charge in [-0.2, -0.15) is 0 Å². The molecule has 1 fully saturated rings. The van der Waals surface area contributed by atoms with Crippen LogP contribution in [0, 0.1) is 12.8 Å². The lowest BCUT2D eigenvalue weighted by Crippen LogP contribution is -2.44. The second-order valence-corrected chi connectivity index (χ2v) is 6.49. The third-order valence-corrected chi connectivity index (χ3v) is 4.70. The Balaban J connectivity index is 2.13. The van der Waals surface area contributed by atoms with Crippen LogP contribution >= 0.6 is 0 Å². The smallest absolute Gasteiger partial charge is 0.230 e. The zero-order valence-electron chi connectivity index (χ0n) is 13.2. The zero-order valence-corrected chi connectivity index (χ0v) is 13.2. The number of rotatable bonds is 6. The number of amides is 1. The molecule has 1 atom stereocenters. The van der Waals surface area contributed by atoms with E-state index in [1.165, 1.54) is 5.56 Å². The number of hydrogen-bond donors (Lipinski definition) is 2. The molecule has 1 aliphatic carbocycles. The van der Waals surface area contributed by atoms with E-state index in [-0.39, 0.29) is 17.9 Å². The van der Waals surface area contributed by atoms with Crippen molar-refractivity contribution in [1.29, 1.82) is 0 Å². The Bertz CT molecular complexity index is 478. The molecule has 1 aromatic rings. The van der Waals surface area contributed by atoms with E-state index >= 15 is 0 Å². The third kappa shape index (κ3) is 3.65. The predicted molar refractivity (Wildman–Crippen MR) is 85.2 cm³/mol. The van der Waals surface area contributed by atoms with Gasteiger partial charge in [-0.3, -0.25) is 4.79 Å². The fourth-order valence-corrected chi connectivity index (χ4v) is 3.33. The van der Waals surface area contributed by atoms with Crippen molar-refractivity contribution in [2.45, 2.75) is 51.4 Å². The lowest BCUT2D eigenvalue weighted by Gasteiger charge is -2.29. The van der Waals surface area contributed by atoms with E-state index in [2.05, 4.69) is 37.4 Å². The Morgan fingerprint density at radius 3 is 2.71 bits per heavy atom. The van der Waals surface area contributed by atoms with Crippen LogP contribution in [0.2, 0.25) is 0 Å². The molecule has 0 radical (unpaired) electrons. The van der Waals surface area contributed by atoms with Gasteiger partial charge in [-0.1, -0.05) is 49.6 Å². The molecule has 0 aliphatic heterocycles. The molecule has 1 saturated carbocycles. The van der Waals surface area contributed by atoms with Gasteiger partial charge >= 0.3 is 0 Å². The molecular formula is C18H27NO2. The van der Waals surface area contributed by atoms with Crippen molar-refractivity contribution in [2.24, 2.45) is 5.92 Å². The molecule has 1 amide bonds. The molecule has 0 aromatic heterocycles. The topological polar surface area (TPSA) is 49.3 Å². The van der Waals surface area contributed by atoms with Gasteiger partial charge in [-0.25, -0.2) is 0 Å². The van der Waals surface area contributed by atoms with E-state index in [0.717, 1.165) is 37.7 Å². The van der Waals surface area contributed by atoms with Gasteiger partial charge in [0.25, 0.3) is 0 Å². The van der Waals surface area contributed by atoms with Crippen LogP contribution in [-0.4, -0.2) is 24.2 Å². The average molecular weight is 289 g/mol. The maximum Gasteiger partial charge on any atom is 0.230 e. The standard InChI is InChI=1S/C18H27NO2/c1-14-6-5-7-16(12-14)18(9-3-4-10-18)17(21)19-13-15(2)8-11-20/h5-7,12,15,20H,3-4,8-11,13H2,1-2H3,(H,19,21). The largest absolute Gasteiger partial charge is 0.396 e. The maximum absolute atomic E-state index is 12.8. The molecule has 1 aliphatic rings. The fourth-order valence-electron chi connectivity index (χ4n) is 3.33. The first-order chi connectivity index (χ1) is 10.1. The number of carbonyl (C=O) groups excluding carboxylic acids is 1. The van der Waals surface area contributed by atoms with Crippen molar-refractivity contribution < 1.29 is 9.90 Å². The van der Waals surface area contributed by atoms with Crippen LogP contribution in [0.5, 0.6) is 0 Å². The molecule has 116 valence electrons. The van der Waals surface area contributed by atoms with Gasteiger partial charge in [0.15, 0.2) is 0 Å². The SMILES string of the molecule is Cc1cccc(C2(C(=O)NCC(C)CCO)CCCC2)c1. The van der Waals surface area contributed by atoms with Crippen LogP contribution in [0.3, 0.4) is 0 Å². The van der Waals surface area contributed by atoms with Gasteiger partial charge in [0.2, 0.25) is 5.91 Å². The predicted octanol–water partition coefficient (Wildman–Crippen LogP) is 2.94. The maximum atomic E-state index is 12.8. The molecule has 1 unspecified atom stereocenters. The summed E-state index contributed by atoms with van der Waals surface area (Å²) in [6.07, 6.45) is 4.85. The van der Waals surface area contributed by atoms with Crippen molar-refractivity contribution in [3.63, 3.8) is 0 Å². The Kier molecular flexibility index (Phi) is 5.40. The summed E-state index contributed by atoms with van der Waals surface area (Å²) in [5, 5.41) is 12.1. The minimum atomic E-state index is -0.342.